The van der Waals surface area contributed by atoms with Gasteiger partial charge in [-0.3, -0.25) is 9.78 Å². The van der Waals surface area contributed by atoms with E-state index < -0.39 is 0 Å². The van der Waals surface area contributed by atoms with E-state index >= 15 is 0 Å². The number of likely N-dealkylation sites (tertiary alicyclic amines) is 1. The second-order valence-corrected chi connectivity index (χ2v) is 6.98. The van der Waals surface area contributed by atoms with E-state index in [1.807, 2.05) is 31.2 Å². The molecule has 0 saturated carbocycles. The van der Waals surface area contributed by atoms with Gasteiger partial charge in [-0.25, -0.2) is 0 Å². The normalized spacial score (nSPS) is 18.3. The van der Waals surface area contributed by atoms with Crippen LogP contribution >= 0.6 is 0 Å². The SMILES string of the molecule is COc1ccc2cc(C(=O)NCCN3CCCC(C)C3)c(C)nc2c1. The van der Waals surface area contributed by atoms with Crippen LogP contribution < -0.4 is 10.1 Å². The van der Waals surface area contributed by atoms with E-state index in [4.69, 9.17) is 4.74 Å². The van der Waals surface area contributed by atoms with Crippen LogP contribution in [0.25, 0.3) is 10.9 Å². The Morgan fingerprint density at radius 1 is 1.40 bits per heavy atom. The monoisotopic (exact) mass is 341 g/mol. The molecule has 3 rings (SSSR count). The molecule has 134 valence electrons. The number of hydrogen-bond donors (Lipinski definition) is 1. The van der Waals surface area contributed by atoms with Gasteiger partial charge in [-0.05, 0) is 50.4 Å². The van der Waals surface area contributed by atoms with Crippen LogP contribution in [-0.2, 0) is 0 Å². The van der Waals surface area contributed by atoms with Gasteiger partial charge >= 0.3 is 0 Å². The lowest BCUT2D eigenvalue weighted by Gasteiger charge is -2.30. The van der Waals surface area contributed by atoms with Gasteiger partial charge < -0.3 is 15.0 Å². The number of nitrogens with one attached hydrogen (secondary N) is 1. The van der Waals surface area contributed by atoms with E-state index in [1.165, 1.54) is 12.8 Å². The molecule has 5 heteroatoms. The molecule has 1 aromatic carbocycles. The summed E-state index contributed by atoms with van der Waals surface area (Å²) in [6.07, 6.45) is 2.57. The summed E-state index contributed by atoms with van der Waals surface area (Å²) in [5.74, 6) is 1.48. The zero-order valence-electron chi connectivity index (χ0n) is 15.3. The third-order valence-corrected chi connectivity index (χ3v) is 4.91. The molecule has 5 nitrogen and oxygen atoms in total. The highest BCUT2D eigenvalue weighted by atomic mass is 16.5. The Morgan fingerprint density at radius 3 is 3.00 bits per heavy atom. The van der Waals surface area contributed by atoms with Crippen LogP contribution in [0, 0.1) is 12.8 Å². The first-order valence-electron chi connectivity index (χ1n) is 9.03. The fraction of sp³-hybridized carbons (Fsp3) is 0.500. The molecule has 0 bridgehead atoms. The van der Waals surface area contributed by atoms with E-state index in [1.54, 1.807) is 7.11 Å². The van der Waals surface area contributed by atoms with E-state index in [-0.39, 0.29) is 5.91 Å². The van der Waals surface area contributed by atoms with E-state index in [0.29, 0.717) is 12.1 Å². The summed E-state index contributed by atoms with van der Waals surface area (Å²) in [6.45, 7) is 8.02. The first-order chi connectivity index (χ1) is 12.1. The molecule has 1 atom stereocenters. The molecule has 25 heavy (non-hydrogen) atoms. The van der Waals surface area contributed by atoms with Crippen molar-refractivity contribution in [2.24, 2.45) is 5.92 Å². The van der Waals surface area contributed by atoms with Crippen LogP contribution in [0.15, 0.2) is 24.3 Å². The standard InChI is InChI=1S/C20H27N3O2/c1-14-5-4-9-23(13-14)10-8-21-20(24)18-11-16-6-7-17(25-3)12-19(16)22-15(18)2/h6-7,11-12,14H,4-5,8-10,13H2,1-3H3,(H,21,24). The lowest BCUT2D eigenvalue weighted by Crippen LogP contribution is -2.40. The van der Waals surface area contributed by atoms with Crippen molar-refractivity contribution in [3.05, 3.63) is 35.5 Å². The minimum atomic E-state index is -0.0484. The quantitative estimate of drug-likeness (QED) is 0.908. The van der Waals surface area contributed by atoms with Crippen molar-refractivity contribution in [3.8, 4) is 5.75 Å². The predicted octanol–water partition coefficient (Wildman–Crippen LogP) is 3.01. The van der Waals surface area contributed by atoms with Crippen molar-refractivity contribution in [2.45, 2.75) is 26.7 Å². The van der Waals surface area contributed by atoms with Gasteiger partial charge in [-0.15, -0.1) is 0 Å². The molecular formula is C20H27N3O2. The highest BCUT2D eigenvalue weighted by Crippen LogP contribution is 2.21. The van der Waals surface area contributed by atoms with Gasteiger partial charge in [-0.1, -0.05) is 6.92 Å². The van der Waals surface area contributed by atoms with Crippen LogP contribution in [0.5, 0.6) is 5.75 Å². The summed E-state index contributed by atoms with van der Waals surface area (Å²) in [5.41, 5.74) is 2.23. The maximum atomic E-state index is 12.5. The van der Waals surface area contributed by atoms with E-state index in [9.17, 15) is 4.79 Å². The molecule has 1 N–H and O–H groups in total. The van der Waals surface area contributed by atoms with Crippen LogP contribution in [0.4, 0.5) is 0 Å². The second-order valence-electron chi connectivity index (χ2n) is 6.98. The van der Waals surface area contributed by atoms with Gasteiger partial charge in [0.25, 0.3) is 5.91 Å². The minimum Gasteiger partial charge on any atom is -0.497 e. The summed E-state index contributed by atoms with van der Waals surface area (Å²) < 4.78 is 5.23. The van der Waals surface area contributed by atoms with Crippen LogP contribution in [0.1, 0.15) is 35.8 Å². The Morgan fingerprint density at radius 2 is 2.24 bits per heavy atom. The van der Waals surface area contributed by atoms with E-state index in [2.05, 4.69) is 22.1 Å². The van der Waals surface area contributed by atoms with Gasteiger partial charge in [0.15, 0.2) is 0 Å². The maximum Gasteiger partial charge on any atom is 0.253 e. The van der Waals surface area contributed by atoms with Crippen molar-refractivity contribution >= 4 is 16.8 Å². The second kappa shape index (κ2) is 7.83. The summed E-state index contributed by atoms with van der Waals surface area (Å²) in [5, 5.41) is 3.99. The zero-order valence-corrected chi connectivity index (χ0v) is 15.3. The lowest BCUT2D eigenvalue weighted by atomic mass is 10.0. The first-order valence-corrected chi connectivity index (χ1v) is 9.03. The number of hydrogen-bond acceptors (Lipinski definition) is 4. The lowest BCUT2D eigenvalue weighted by molar-refractivity contribution is 0.0943. The first kappa shape index (κ1) is 17.7. The Hall–Kier alpha value is -2.14. The van der Waals surface area contributed by atoms with Crippen molar-refractivity contribution in [3.63, 3.8) is 0 Å². The average Bonchev–Trinajstić information content (AvgIpc) is 2.60. The van der Waals surface area contributed by atoms with Gasteiger partial charge in [0.05, 0.1) is 23.9 Å². The van der Waals surface area contributed by atoms with Crippen LogP contribution in [0.3, 0.4) is 0 Å². The average molecular weight is 341 g/mol. The number of carbonyl (C=O) groups is 1. The Balaban J connectivity index is 1.64. The fourth-order valence-electron chi connectivity index (χ4n) is 3.51. The Bertz CT molecular complexity index is 760. The molecule has 1 aliphatic heterocycles. The summed E-state index contributed by atoms with van der Waals surface area (Å²) >= 11 is 0. The molecule has 1 unspecified atom stereocenters. The molecule has 2 heterocycles. The topological polar surface area (TPSA) is 54.5 Å². The van der Waals surface area contributed by atoms with Gasteiger partial charge in [-0.2, -0.15) is 0 Å². The zero-order chi connectivity index (χ0) is 17.8. The number of rotatable bonds is 5. The van der Waals surface area contributed by atoms with Gasteiger partial charge in [0.1, 0.15) is 5.75 Å². The van der Waals surface area contributed by atoms with Gasteiger partial charge in [0, 0.05) is 31.1 Å². The summed E-state index contributed by atoms with van der Waals surface area (Å²) in [6, 6.07) is 7.63. The number of aryl methyl sites for hydroxylation is 1. The molecule has 0 spiro atoms. The Labute approximate surface area is 149 Å². The molecule has 1 amide bonds. The number of aromatic nitrogens is 1. The molecule has 1 fully saturated rings. The molecular weight excluding hydrogens is 314 g/mol. The number of piperidine rings is 1. The number of benzene rings is 1. The molecule has 0 radical (unpaired) electrons. The number of ether oxygens (including phenoxy) is 1. The molecule has 1 aliphatic rings. The molecule has 1 saturated heterocycles. The van der Waals surface area contributed by atoms with Crippen molar-refractivity contribution in [1.82, 2.24) is 15.2 Å². The van der Waals surface area contributed by atoms with Crippen LogP contribution in [0.2, 0.25) is 0 Å². The number of fused-ring (bicyclic) bond motifs is 1. The predicted molar refractivity (Wildman–Crippen MR) is 100 cm³/mol. The molecule has 1 aromatic heterocycles. The highest BCUT2D eigenvalue weighted by Gasteiger charge is 2.16. The third-order valence-electron chi connectivity index (χ3n) is 4.91. The minimum absolute atomic E-state index is 0.0484. The fourth-order valence-corrected chi connectivity index (χ4v) is 3.51. The van der Waals surface area contributed by atoms with Crippen molar-refractivity contribution in [2.75, 3.05) is 33.3 Å². The molecule has 0 aliphatic carbocycles. The largest absolute Gasteiger partial charge is 0.497 e. The van der Waals surface area contributed by atoms with Crippen molar-refractivity contribution < 1.29 is 9.53 Å². The smallest absolute Gasteiger partial charge is 0.253 e. The summed E-state index contributed by atoms with van der Waals surface area (Å²) in [4.78, 5) is 19.5. The number of pyridine rings is 1. The highest BCUT2D eigenvalue weighted by molar-refractivity contribution is 5.98. The van der Waals surface area contributed by atoms with Gasteiger partial charge in [0.2, 0.25) is 0 Å². The Kier molecular flexibility index (Phi) is 5.53. The summed E-state index contributed by atoms with van der Waals surface area (Å²) in [7, 11) is 1.64. The number of amides is 1. The number of carbonyl (C=O) groups excluding carboxylic acids is 1. The van der Waals surface area contributed by atoms with Crippen molar-refractivity contribution in [1.29, 1.82) is 0 Å². The molecule has 2 aromatic rings. The number of methoxy groups -OCH3 is 1. The number of nitrogens with zero attached hydrogens (tertiary/aromatic N) is 2. The third kappa shape index (κ3) is 4.28. The van der Waals surface area contributed by atoms with E-state index in [0.717, 1.165) is 47.9 Å². The van der Waals surface area contributed by atoms with Crippen LogP contribution in [-0.4, -0.2) is 49.1 Å². The maximum absolute atomic E-state index is 12.5.